The Morgan fingerprint density at radius 1 is 1.00 bits per heavy atom. The average molecular weight is 480 g/mol. The Balaban J connectivity index is 2.01. The van der Waals surface area contributed by atoms with E-state index in [1.54, 1.807) is 0 Å². The predicted octanol–water partition coefficient (Wildman–Crippen LogP) is 6.96. The first-order valence-corrected chi connectivity index (χ1v) is 14.2. The standard InChI is InChI=1S/C27H45NO2S2/c1-8-30-15-11-14-28-25(29)19-31-23-12-9-10-13-24(23)32-22-17-20(26(2,3)4)16-21(18-22)27(5,6)7/h16-18,23-24H,8-15,19H2,1-7H3,(H,28,29)/t23-,24-/m1/s1. The molecule has 0 radical (unpaired) electrons. The number of carbonyl (C=O) groups is 1. The molecule has 1 aliphatic rings. The third-order valence-corrected chi connectivity index (χ3v) is 8.96. The van der Waals surface area contributed by atoms with Crippen molar-refractivity contribution in [2.75, 3.05) is 25.5 Å². The molecular weight excluding hydrogens is 434 g/mol. The lowest BCUT2D eigenvalue weighted by atomic mass is 9.81. The van der Waals surface area contributed by atoms with Gasteiger partial charge in [-0.15, -0.1) is 23.5 Å². The molecule has 3 nitrogen and oxygen atoms in total. The van der Waals surface area contributed by atoms with Gasteiger partial charge in [-0.2, -0.15) is 0 Å². The maximum Gasteiger partial charge on any atom is 0.230 e. The van der Waals surface area contributed by atoms with Gasteiger partial charge in [0, 0.05) is 35.2 Å². The maximum absolute atomic E-state index is 12.3. The molecule has 0 unspecified atom stereocenters. The van der Waals surface area contributed by atoms with Gasteiger partial charge in [-0.25, -0.2) is 0 Å². The molecule has 1 aromatic rings. The van der Waals surface area contributed by atoms with Crippen LogP contribution in [0.2, 0.25) is 0 Å². The van der Waals surface area contributed by atoms with Crippen LogP contribution in [0.5, 0.6) is 0 Å². The fraction of sp³-hybridized carbons (Fsp3) is 0.741. The van der Waals surface area contributed by atoms with Crippen LogP contribution in [0, 0.1) is 0 Å². The Morgan fingerprint density at radius 2 is 1.59 bits per heavy atom. The first kappa shape index (κ1) is 27.6. The van der Waals surface area contributed by atoms with E-state index in [4.69, 9.17) is 4.74 Å². The number of ether oxygens (including phenoxy) is 1. The van der Waals surface area contributed by atoms with Crippen LogP contribution >= 0.6 is 23.5 Å². The van der Waals surface area contributed by atoms with Crippen molar-refractivity contribution < 1.29 is 9.53 Å². The normalized spacial score (nSPS) is 19.7. The Labute approximate surface area is 205 Å². The molecular formula is C27H45NO2S2. The summed E-state index contributed by atoms with van der Waals surface area (Å²) in [5.41, 5.74) is 3.10. The molecule has 1 N–H and O–H groups in total. The van der Waals surface area contributed by atoms with E-state index in [1.807, 2.05) is 30.4 Å². The quantitative estimate of drug-likeness (QED) is 0.368. The van der Waals surface area contributed by atoms with Gasteiger partial charge in [0.05, 0.1) is 5.75 Å². The summed E-state index contributed by atoms with van der Waals surface area (Å²) in [6, 6.07) is 7.20. The second kappa shape index (κ2) is 12.7. The second-order valence-corrected chi connectivity index (χ2v) is 13.5. The minimum absolute atomic E-state index is 0.136. The average Bonchev–Trinajstić information content (AvgIpc) is 2.71. The lowest BCUT2D eigenvalue weighted by molar-refractivity contribution is -0.118. The molecule has 1 amide bonds. The summed E-state index contributed by atoms with van der Waals surface area (Å²) in [5, 5.41) is 4.16. The van der Waals surface area contributed by atoms with Gasteiger partial charge in [-0.3, -0.25) is 4.79 Å². The summed E-state index contributed by atoms with van der Waals surface area (Å²) in [4.78, 5) is 13.7. The zero-order valence-corrected chi connectivity index (χ0v) is 23.0. The molecule has 0 saturated heterocycles. The number of benzene rings is 1. The van der Waals surface area contributed by atoms with E-state index in [9.17, 15) is 4.79 Å². The smallest absolute Gasteiger partial charge is 0.230 e. The van der Waals surface area contributed by atoms with Gasteiger partial charge in [0.1, 0.15) is 0 Å². The van der Waals surface area contributed by atoms with Crippen LogP contribution < -0.4 is 5.32 Å². The predicted molar refractivity (Wildman–Crippen MR) is 142 cm³/mol. The molecule has 32 heavy (non-hydrogen) atoms. The van der Waals surface area contributed by atoms with Crippen LogP contribution in [-0.2, 0) is 20.4 Å². The minimum atomic E-state index is 0.136. The maximum atomic E-state index is 12.3. The van der Waals surface area contributed by atoms with Crippen molar-refractivity contribution in [3.8, 4) is 0 Å². The van der Waals surface area contributed by atoms with Crippen LogP contribution in [0.25, 0.3) is 0 Å². The van der Waals surface area contributed by atoms with Crippen molar-refractivity contribution >= 4 is 29.4 Å². The zero-order chi connectivity index (χ0) is 23.8. The summed E-state index contributed by atoms with van der Waals surface area (Å²) < 4.78 is 5.34. The summed E-state index contributed by atoms with van der Waals surface area (Å²) in [6.45, 7) is 18.0. The van der Waals surface area contributed by atoms with E-state index in [0.29, 0.717) is 22.8 Å². The van der Waals surface area contributed by atoms with Gasteiger partial charge >= 0.3 is 0 Å². The van der Waals surface area contributed by atoms with Crippen molar-refractivity contribution in [2.45, 2.75) is 107 Å². The summed E-state index contributed by atoms with van der Waals surface area (Å²) in [6.07, 6.45) is 5.91. The van der Waals surface area contributed by atoms with Crippen LogP contribution in [0.1, 0.15) is 91.7 Å². The lowest BCUT2D eigenvalue weighted by Gasteiger charge is -2.32. The second-order valence-electron chi connectivity index (χ2n) is 10.9. The molecule has 1 saturated carbocycles. The van der Waals surface area contributed by atoms with Gasteiger partial charge in [0.15, 0.2) is 0 Å². The minimum Gasteiger partial charge on any atom is -0.382 e. The van der Waals surface area contributed by atoms with Crippen molar-refractivity contribution in [1.29, 1.82) is 0 Å². The number of carbonyl (C=O) groups excluding carboxylic acids is 1. The molecule has 0 heterocycles. The van der Waals surface area contributed by atoms with Crippen molar-refractivity contribution in [3.05, 3.63) is 29.3 Å². The summed E-state index contributed by atoms with van der Waals surface area (Å²) in [5.74, 6) is 0.719. The highest BCUT2D eigenvalue weighted by Gasteiger charge is 2.28. The topological polar surface area (TPSA) is 38.3 Å². The van der Waals surface area contributed by atoms with E-state index < -0.39 is 0 Å². The van der Waals surface area contributed by atoms with E-state index in [0.717, 1.165) is 19.6 Å². The van der Waals surface area contributed by atoms with E-state index in [2.05, 4.69) is 65.1 Å². The molecule has 0 spiro atoms. The molecule has 0 bridgehead atoms. The number of thioether (sulfide) groups is 2. The SMILES string of the molecule is CCOCCCNC(=O)CS[C@@H]1CCCC[C@H]1Sc1cc(C(C)(C)C)cc(C(C)(C)C)c1. The van der Waals surface area contributed by atoms with E-state index in [-0.39, 0.29) is 16.7 Å². The molecule has 5 heteroatoms. The molecule has 1 fully saturated rings. The Morgan fingerprint density at radius 3 is 2.16 bits per heavy atom. The molecule has 2 atom stereocenters. The van der Waals surface area contributed by atoms with Crippen molar-refractivity contribution in [2.24, 2.45) is 0 Å². The third-order valence-electron chi connectivity index (χ3n) is 5.99. The van der Waals surface area contributed by atoms with Gasteiger partial charge < -0.3 is 10.1 Å². The largest absolute Gasteiger partial charge is 0.382 e. The molecule has 1 aromatic carbocycles. The summed E-state index contributed by atoms with van der Waals surface area (Å²) in [7, 11) is 0. The monoisotopic (exact) mass is 479 g/mol. The molecule has 0 aromatic heterocycles. The highest BCUT2D eigenvalue weighted by molar-refractivity contribution is 8.04. The number of hydrogen-bond acceptors (Lipinski definition) is 4. The first-order chi connectivity index (χ1) is 15.0. The van der Waals surface area contributed by atoms with Gasteiger partial charge in [-0.1, -0.05) is 60.5 Å². The molecule has 1 aliphatic carbocycles. The fourth-order valence-electron chi connectivity index (χ4n) is 3.88. The zero-order valence-electron chi connectivity index (χ0n) is 21.4. The van der Waals surface area contributed by atoms with Crippen molar-refractivity contribution in [1.82, 2.24) is 5.32 Å². The summed E-state index contributed by atoms with van der Waals surface area (Å²) >= 11 is 3.90. The highest BCUT2D eigenvalue weighted by atomic mass is 32.2. The highest BCUT2D eigenvalue weighted by Crippen LogP contribution is 2.41. The van der Waals surface area contributed by atoms with Crippen molar-refractivity contribution in [3.63, 3.8) is 0 Å². The number of amides is 1. The number of rotatable bonds is 10. The Bertz CT molecular complexity index is 689. The Kier molecular flexibility index (Phi) is 11.0. The van der Waals surface area contributed by atoms with Gasteiger partial charge in [0.2, 0.25) is 5.91 Å². The Hall–Kier alpha value is -0.650. The first-order valence-electron chi connectivity index (χ1n) is 12.3. The third kappa shape index (κ3) is 9.30. The molecule has 2 rings (SSSR count). The fourth-order valence-corrected chi connectivity index (χ4v) is 6.74. The lowest BCUT2D eigenvalue weighted by Crippen LogP contribution is -2.30. The molecule has 0 aliphatic heterocycles. The van der Waals surface area contributed by atoms with E-state index >= 15 is 0 Å². The van der Waals surface area contributed by atoms with Crippen LogP contribution in [0.15, 0.2) is 23.1 Å². The van der Waals surface area contributed by atoms with Crippen LogP contribution in [-0.4, -0.2) is 41.9 Å². The molecule has 182 valence electrons. The van der Waals surface area contributed by atoms with Crippen LogP contribution in [0.3, 0.4) is 0 Å². The van der Waals surface area contributed by atoms with Gasteiger partial charge in [0.25, 0.3) is 0 Å². The van der Waals surface area contributed by atoms with E-state index in [1.165, 1.54) is 41.7 Å². The number of nitrogens with one attached hydrogen (secondary N) is 1. The number of hydrogen-bond donors (Lipinski definition) is 1. The van der Waals surface area contributed by atoms with Crippen LogP contribution in [0.4, 0.5) is 0 Å². The van der Waals surface area contributed by atoms with Gasteiger partial charge in [-0.05, 0) is 60.3 Å².